The van der Waals surface area contributed by atoms with E-state index < -0.39 is 5.60 Å². The molecule has 3 nitrogen and oxygen atoms in total. The van der Waals surface area contributed by atoms with Crippen molar-refractivity contribution in [1.29, 1.82) is 0 Å². The highest BCUT2D eigenvalue weighted by atomic mass is 16.6. The van der Waals surface area contributed by atoms with Crippen molar-refractivity contribution in [2.45, 2.75) is 44.2 Å². The molecule has 0 amide bonds. The number of fused-ring (bicyclic) bond motifs is 2. The predicted octanol–water partition coefficient (Wildman–Crippen LogP) is 2.82. The van der Waals surface area contributed by atoms with Crippen molar-refractivity contribution in [1.82, 2.24) is 0 Å². The number of ether oxygens (including phenoxy) is 2. The molecule has 0 aromatic heterocycles. The van der Waals surface area contributed by atoms with Crippen molar-refractivity contribution in [3.8, 4) is 0 Å². The second-order valence-electron chi connectivity index (χ2n) is 5.39. The van der Waals surface area contributed by atoms with Crippen LogP contribution in [0.1, 0.15) is 31.9 Å². The van der Waals surface area contributed by atoms with Gasteiger partial charge in [0.2, 0.25) is 0 Å². The molecule has 0 saturated carbocycles. The summed E-state index contributed by atoms with van der Waals surface area (Å²) >= 11 is 0. The Labute approximate surface area is 113 Å². The van der Waals surface area contributed by atoms with E-state index in [1.165, 1.54) is 0 Å². The summed E-state index contributed by atoms with van der Waals surface area (Å²) in [5.41, 5.74) is 0.194. The Hall–Kier alpha value is -1.45. The number of rotatable bonds is 3. The Morgan fingerprint density at radius 1 is 1.32 bits per heavy atom. The largest absolute Gasteiger partial charge is 0.363 e. The summed E-state index contributed by atoms with van der Waals surface area (Å²) in [6.07, 6.45) is 3.87. The first-order chi connectivity index (χ1) is 9.09. The average molecular weight is 258 g/mol. The van der Waals surface area contributed by atoms with Crippen LogP contribution in [0.2, 0.25) is 0 Å². The molecule has 1 aromatic carbocycles. The average Bonchev–Trinajstić information content (AvgIpc) is 2.84. The number of benzene rings is 1. The fourth-order valence-electron chi connectivity index (χ4n) is 2.77. The molecule has 0 aliphatic carbocycles. The SMILES string of the molecule is CC(O[C@@]1(C)C(=O)C[C@H]2C=C[C@@H]1O2)c1ccccc1. The van der Waals surface area contributed by atoms with Gasteiger partial charge < -0.3 is 9.47 Å². The molecule has 0 spiro atoms. The normalized spacial score (nSPS) is 34.5. The van der Waals surface area contributed by atoms with E-state index in [1.807, 2.05) is 56.3 Å². The van der Waals surface area contributed by atoms with Gasteiger partial charge >= 0.3 is 0 Å². The summed E-state index contributed by atoms with van der Waals surface area (Å²) in [6, 6.07) is 9.94. The number of carbonyl (C=O) groups is 1. The molecule has 1 fully saturated rings. The van der Waals surface area contributed by atoms with Crippen LogP contribution in [-0.4, -0.2) is 23.6 Å². The second-order valence-corrected chi connectivity index (χ2v) is 5.39. The predicted molar refractivity (Wildman–Crippen MR) is 71.8 cm³/mol. The van der Waals surface area contributed by atoms with Crippen molar-refractivity contribution in [3.63, 3.8) is 0 Å². The van der Waals surface area contributed by atoms with Gasteiger partial charge in [0.1, 0.15) is 6.10 Å². The highest BCUT2D eigenvalue weighted by molar-refractivity contribution is 5.90. The molecule has 19 heavy (non-hydrogen) atoms. The lowest BCUT2D eigenvalue weighted by Crippen LogP contribution is -2.53. The van der Waals surface area contributed by atoms with Crippen molar-refractivity contribution in [2.75, 3.05) is 0 Å². The van der Waals surface area contributed by atoms with Crippen LogP contribution in [0, 0.1) is 0 Å². The Bertz CT molecular complexity index is 508. The van der Waals surface area contributed by atoms with Crippen LogP contribution >= 0.6 is 0 Å². The van der Waals surface area contributed by atoms with E-state index in [2.05, 4.69) is 0 Å². The minimum absolute atomic E-state index is 0.0544. The Kier molecular flexibility index (Phi) is 3.03. The third-order valence-electron chi connectivity index (χ3n) is 4.00. The molecule has 4 atom stereocenters. The van der Waals surface area contributed by atoms with Crippen molar-refractivity contribution >= 4 is 5.78 Å². The van der Waals surface area contributed by atoms with E-state index >= 15 is 0 Å². The summed E-state index contributed by atoms with van der Waals surface area (Å²) in [5.74, 6) is 0.126. The van der Waals surface area contributed by atoms with Gasteiger partial charge in [-0.3, -0.25) is 4.79 Å². The van der Waals surface area contributed by atoms with Gasteiger partial charge in [-0.05, 0) is 19.4 Å². The molecule has 1 aromatic rings. The third kappa shape index (κ3) is 2.13. The lowest BCUT2D eigenvalue weighted by molar-refractivity contribution is -0.187. The minimum atomic E-state index is -0.876. The van der Waals surface area contributed by atoms with Gasteiger partial charge in [-0.15, -0.1) is 0 Å². The molecule has 1 unspecified atom stereocenters. The monoisotopic (exact) mass is 258 g/mol. The maximum Gasteiger partial charge on any atom is 0.170 e. The maximum atomic E-state index is 12.3. The van der Waals surface area contributed by atoms with E-state index in [0.29, 0.717) is 6.42 Å². The standard InChI is InChI=1S/C16H18O3/c1-11(12-6-4-3-5-7-12)19-16(2)14(17)10-13-8-9-15(16)18-13/h3-9,11,13,15H,10H2,1-2H3/t11?,13-,15+,16+/m1/s1. The minimum Gasteiger partial charge on any atom is -0.363 e. The molecule has 0 radical (unpaired) electrons. The Morgan fingerprint density at radius 3 is 2.79 bits per heavy atom. The number of carbonyl (C=O) groups excluding carboxylic acids is 1. The highest BCUT2D eigenvalue weighted by Gasteiger charge is 2.50. The van der Waals surface area contributed by atoms with Crippen molar-refractivity contribution in [3.05, 3.63) is 48.0 Å². The lowest BCUT2D eigenvalue weighted by Gasteiger charge is -2.39. The van der Waals surface area contributed by atoms with Crippen molar-refractivity contribution < 1.29 is 14.3 Å². The molecule has 3 rings (SSSR count). The summed E-state index contributed by atoms with van der Waals surface area (Å²) in [4.78, 5) is 12.3. The van der Waals surface area contributed by atoms with Crippen LogP contribution in [-0.2, 0) is 14.3 Å². The number of hydrogen-bond acceptors (Lipinski definition) is 3. The second kappa shape index (κ2) is 4.58. The van der Waals surface area contributed by atoms with Crippen LogP contribution in [0.5, 0.6) is 0 Å². The van der Waals surface area contributed by atoms with E-state index in [1.54, 1.807) is 0 Å². The number of Topliss-reactive ketones (excluding diaryl/α,β-unsaturated/α-hetero) is 1. The molecule has 3 heteroatoms. The fraction of sp³-hybridized carbons (Fsp3) is 0.438. The maximum absolute atomic E-state index is 12.3. The van der Waals surface area contributed by atoms with E-state index in [4.69, 9.17) is 9.47 Å². The molecular weight excluding hydrogens is 240 g/mol. The molecule has 2 heterocycles. The van der Waals surface area contributed by atoms with Crippen LogP contribution in [0.15, 0.2) is 42.5 Å². The van der Waals surface area contributed by atoms with E-state index in [9.17, 15) is 4.79 Å². The molecule has 100 valence electrons. The summed E-state index contributed by atoms with van der Waals surface area (Å²) in [7, 11) is 0. The first-order valence-corrected chi connectivity index (χ1v) is 6.69. The zero-order valence-electron chi connectivity index (χ0n) is 11.2. The number of ketones is 1. The quantitative estimate of drug-likeness (QED) is 0.782. The molecule has 2 bridgehead atoms. The van der Waals surface area contributed by atoms with Gasteiger partial charge in [0.15, 0.2) is 11.4 Å². The molecule has 1 saturated heterocycles. The van der Waals surface area contributed by atoms with Crippen LogP contribution in [0.3, 0.4) is 0 Å². The van der Waals surface area contributed by atoms with Gasteiger partial charge in [-0.25, -0.2) is 0 Å². The van der Waals surface area contributed by atoms with Crippen LogP contribution in [0.25, 0.3) is 0 Å². The molecular formula is C16H18O3. The fourth-order valence-corrected chi connectivity index (χ4v) is 2.77. The van der Waals surface area contributed by atoms with Gasteiger partial charge in [-0.2, -0.15) is 0 Å². The summed E-state index contributed by atoms with van der Waals surface area (Å²) in [5, 5.41) is 0. The molecule has 0 N–H and O–H groups in total. The zero-order chi connectivity index (χ0) is 13.5. The Balaban J connectivity index is 1.81. The smallest absolute Gasteiger partial charge is 0.170 e. The van der Waals surface area contributed by atoms with Gasteiger partial charge in [0.25, 0.3) is 0 Å². The highest BCUT2D eigenvalue weighted by Crippen LogP contribution is 2.37. The first kappa shape index (κ1) is 12.6. The van der Waals surface area contributed by atoms with Gasteiger partial charge in [0.05, 0.1) is 12.2 Å². The summed E-state index contributed by atoms with van der Waals surface area (Å²) < 4.78 is 11.8. The third-order valence-corrected chi connectivity index (χ3v) is 4.00. The zero-order valence-corrected chi connectivity index (χ0v) is 11.2. The van der Waals surface area contributed by atoms with E-state index in [0.717, 1.165) is 5.56 Å². The topological polar surface area (TPSA) is 35.5 Å². The van der Waals surface area contributed by atoms with E-state index in [-0.39, 0.29) is 24.1 Å². The van der Waals surface area contributed by atoms with Crippen molar-refractivity contribution in [2.24, 2.45) is 0 Å². The summed E-state index contributed by atoms with van der Waals surface area (Å²) in [6.45, 7) is 3.81. The van der Waals surface area contributed by atoms with Gasteiger partial charge in [-0.1, -0.05) is 42.5 Å². The first-order valence-electron chi connectivity index (χ1n) is 6.69. The van der Waals surface area contributed by atoms with Gasteiger partial charge in [0, 0.05) is 6.42 Å². The number of hydrogen-bond donors (Lipinski definition) is 0. The molecule has 2 aliphatic heterocycles. The van der Waals surface area contributed by atoms with Crippen LogP contribution in [0.4, 0.5) is 0 Å². The van der Waals surface area contributed by atoms with Crippen LogP contribution < -0.4 is 0 Å². The Morgan fingerprint density at radius 2 is 2.05 bits per heavy atom. The molecule has 2 aliphatic rings. The lowest BCUT2D eigenvalue weighted by atomic mass is 9.89.